The monoisotopic (exact) mass is 234 g/mol. The van der Waals surface area contributed by atoms with E-state index in [0.717, 1.165) is 13.1 Å². The second-order valence-electron chi connectivity index (χ2n) is 5.29. The summed E-state index contributed by atoms with van der Waals surface area (Å²) in [6.07, 6.45) is -0.197. The van der Waals surface area contributed by atoms with Crippen molar-refractivity contribution in [2.24, 2.45) is 17.6 Å². The molecule has 1 saturated carbocycles. The molecule has 0 aromatic carbocycles. The summed E-state index contributed by atoms with van der Waals surface area (Å²) in [5.41, 5.74) is 5.39. The van der Waals surface area contributed by atoms with Crippen LogP contribution in [0.3, 0.4) is 0 Å². The van der Waals surface area contributed by atoms with Crippen molar-refractivity contribution >= 4 is 18.5 Å². The number of carbonyl (C=O) groups excluding carboxylic acids is 1. The Labute approximate surface area is 96.5 Å². The van der Waals surface area contributed by atoms with Crippen molar-refractivity contribution in [3.8, 4) is 0 Å². The molecular formula is C10H19ClN2O2. The predicted octanol–water partition coefficient (Wildman–Crippen LogP) is 1.23. The maximum absolute atomic E-state index is 11.6. The Morgan fingerprint density at radius 1 is 1.33 bits per heavy atom. The Bertz CT molecular complexity index is 253. The van der Waals surface area contributed by atoms with Gasteiger partial charge in [0.05, 0.1) is 0 Å². The molecule has 2 rings (SSSR count). The summed E-state index contributed by atoms with van der Waals surface area (Å²) in [7, 11) is 0. The molecular weight excluding hydrogens is 216 g/mol. The summed E-state index contributed by atoms with van der Waals surface area (Å²) in [5, 5.41) is 0. The molecule has 1 saturated heterocycles. The van der Waals surface area contributed by atoms with E-state index < -0.39 is 5.60 Å². The van der Waals surface area contributed by atoms with Crippen LogP contribution in [0, 0.1) is 11.8 Å². The Morgan fingerprint density at radius 2 is 1.80 bits per heavy atom. The second kappa shape index (κ2) is 3.83. The molecule has 2 N–H and O–H groups in total. The van der Waals surface area contributed by atoms with E-state index in [4.69, 9.17) is 10.5 Å². The van der Waals surface area contributed by atoms with Gasteiger partial charge in [-0.25, -0.2) is 4.79 Å². The fourth-order valence-corrected chi connectivity index (χ4v) is 2.05. The number of halogens is 1. The van der Waals surface area contributed by atoms with Crippen LogP contribution in [-0.4, -0.2) is 35.7 Å². The van der Waals surface area contributed by atoms with Crippen molar-refractivity contribution in [1.29, 1.82) is 0 Å². The van der Waals surface area contributed by atoms with Gasteiger partial charge in [-0.3, -0.25) is 0 Å². The van der Waals surface area contributed by atoms with Crippen LogP contribution in [0.15, 0.2) is 0 Å². The highest BCUT2D eigenvalue weighted by Gasteiger charge is 2.55. The third kappa shape index (κ3) is 2.55. The summed E-state index contributed by atoms with van der Waals surface area (Å²) in [4.78, 5) is 13.4. The first-order chi connectivity index (χ1) is 6.38. The molecule has 1 heterocycles. The lowest BCUT2D eigenvalue weighted by Gasteiger charge is -2.25. The zero-order valence-corrected chi connectivity index (χ0v) is 10.2. The summed E-state index contributed by atoms with van der Waals surface area (Å²) < 4.78 is 5.27. The first-order valence-corrected chi connectivity index (χ1v) is 5.12. The van der Waals surface area contributed by atoms with E-state index in [9.17, 15) is 4.79 Å². The molecule has 1 aliphatic heterocycles. The van der Waals surface area contributed by atoms with Crippen LogP contribution in [0.1, 0.15) is 20.8 Å². The number of piperidine rings is 1. The Kier molecular flexibility index (Phi) is 3.22. The number of ether oxygens (including phenoxy) is 1. The van der Waals surface area contributed by atoms with Gasteiger partial charge in [0.25, 0.3) is 0 Å². The largest absolute Gasteiger partial charge is 0.444 e. The number of carbonyl (C=O) groups is 1. The van der Waals surface area contributed by atoms with Crippen LogP contribution in [0.4, 0.5) is 4.79 Å². The standard InChI is InChI=1S/C10H18N2O2.ClH/c1-10(2,3)14-9(13)12-4-6-7(5-12)8(6)11;/h6-8H,4-5,11H2,1-3H3;1H/t6-,7+,8?;. The molecule has 15 heavy (non-hydrogen) atoms. The van der Waals surface area contributed by atoms with Gasteiger partial charge in [0.15, 0.2) is 0 Å². The van der Waals surface area contributed by atoms with Crippen LogP contribution < -0.4 is 5.73 Å². The number of hydrogen-bond acceptors (Lipinski definition) is 3. The fraction of sp³-hybridized carbons (Fsp3) is 0.900. The highest BCUT2D eigenvalue weighted by molar-refractivity contribution is 5.85. The molecule has 1 amide bonds. The normalized spacial score (nSPS) is 33.1. The quantitative estimate of drug-likeness (QED) is 0.686. The molecule has 3 atom stereocenters. The molecule has 0 spiro atoms. The Hall–Kier alpha value is -0.480. The van der Waals surface area contributed by atoms with E-state index >= 15 is 0 Å². The molecule has 5 heteroatoms. The molecule has 0 bridgehead atoms. The van der Waals surface area contributed by atoms with E-state index in [1.54, 1.807) is 4.90 Å². The van der Waals surface area contributed by atoms with Crippen molar-refractivity contribution in [2.45, 2.75) is 32.4 Å². The number of nitrogens with two attached hydrogens (primary N) is 1. The molecule has 0 radical (unpaired) electrons. The highest BCUT2D eigenvalue weighted by Crippen LogP contribution is 2.43. The Morgan fingerprint density at radius 3 is 2.20 bits per heavy atom. The van der Waals surface area contributed by atoms with E-state index in [-0.39, 0.29) is 18.5 Å². The number of rotatable bonds is 0. The summed E-state index contributed by atoms with van der Waals surface area (Å²) in [6, 6.07) is 0.327. The van der Waals surface area contributed by atoms with E-state index in [1.165, 1.54) is 0 Å². The van der Waals surface area contributed by atoms with Gasteiger partial charge < -0.3 is 15.4 Å². The van der Waals surface area contributed by atoms with Gasteiger partial charge >= 0.3 is 6.09 Å². The van der Waals surface area contributed by atoms with E-state index in [2.05, 4.69) is 0 Å². The molecule has 2 fully saturated rings. The SMILES string of the molecule is CC(C)(C)OC(=O)N1C[C@@H]2C(N)[C@@H]2C1.Cl. The van der Waals surface area contributed by atoms with Gasteiger partial charge in [-0.2, -0.15) is 0 Å². The number of fused-ring (bicyclic) bond motifs is 1. The summed E-state index contributed by atoms with van der Waals surface area (Å²) in [6.45, 7) is 7.20. The van der Waals surface area contributed by atoms with Gasteiger partial charge in [0.1, 0.15) is 5.60 Å². The molecule has 88 valence electrons. The second-order valence-corrected chi connectivity index (χ2v) is 5.29. The van der Waals surface area contributed by atoms with Crippen LogP contribution in [-0.2, 0) is 4.74 Å². The molecule has 1 aliphatic carbocycles. The van der Waals surface area contributed by atoms with Crippen molar-refractivity contribution in [1.82, 2.24) is 4.90 Å². The maximum atomic E-state index is 11.6. The van der Waals surface area contributed by atoms with E-state index in [1.807, 2.05) is 20.8 Å². The van der Waals surface area contributed by atoms with Crippen molar-refractivity contribution < 1.29 is 9.53 Å². The lowest BCUT2D eigenvalue weighted by molar-refractivity contribution is 0.0271. The number of nitrogens with zero attached hydrogens (tertiary/aromatic N) is 1. The lowest BCUT2D eigenvalue weighted by atomic mass is 10.2. The van der Waals surface area contributed by atoms with Gasteiger partial charge in [0.2, 0.25) is 0 Å². The van der Waals surface area contributed by atoms with Gasteiger partial charge in [-0.05, 0) is 32.6 Å². The van der Waals surface area contributed by atoms with Crippen molar-refractivity contribution in [2.75, 3.05) is 13.1 Å². The van der Waals surface area contributed by atoms with Crippen LogP contribution in [0.25, 0.3) is 0 Å². The summed E-state index contributed by atoms with van der Waals surface area (Å²) in [5.74, 6) is 1.06. The third-order valence-corrected chi connectivity index (χ3v) is 2.91. The fourth-order valence-electron chi connectivity index (χ4n) is 2.05. The topological polar surface area (TPSA) is 55.6 Å². The zero-order chi connectivity index (χ0) is 10.5. The molecule has 2 aliphatic rings. The lowest BCUT2D eigenvalue weighted by Crippen LogP contribution is -2.38. The minimum absolute atomic E-state index is 0. The molecule has 0 aromatic heterocycles. The van der Waals surface area contributed by atoms with Crippen molar-refractivity contribution in [3.63, 3.8) is 0 Å². The smallest absolute Gasteiger partial charge is 0.410 e. The minimum Gasteiger partial charge on any atom is -0.444 e. The first-order valence-electron chi connectivity index (χ1n) is 5.12. The van der Waals surface area contributed by atoms with Crippen LogP contribution in [0.5, 0.6) is 0 Å². The first kappa shape index (κ1) is 12.6. The summed E-state index contributed by atoms with van der Waals surface area (Å²) >= 11 is 0. The van der Waals surface area contributed by atoms with Gasteiger partial charge in [0, 0.05) is 19.1 Å². The molecule has 4 nitrogen and oxygen atoms in total. The van der Waals surface area contributed by atoms with Crippen molar-refractivity contribution in [3.05, 3.63) is 0 Å². The minimum atomic E-state index is -0.397. The van der Waals surface area contributed by atoms with Crippen LogP contribution >= 0.6 is 12.4 Å². The number of hydrogen-bond donors (Lipinski definition) is 1. The maximum Gasteiger partial charge on any atom is 0.410 e. The average Bonchev–Trinajstić information content (AvgIpc) is 2.47. The third-order valence-electron chi connectivity index (χ3n) is 2.91. The molecule has 0 aromatic rings. The molecule has 1 unspecified atom stereocenters. The van der Waals surface area contributed by atoms with Crippen LogP contribution in [0.2, 0.25) is 0 Å². The Balaban J connectivity index is 0.00000112. The highest BCUT2D eigenvalue weighted by atomic mass is 35.5. The predicted molar refractivity (Wildman–Crippen MR) is 60.0 cm³/mol. The van der Waals surface area contributed by atoms with Gasteiger partial charge in [-0.15, -0.1) is 12.4 Å². The zero-order valence-electron chi connectivity index (χ0n) is 9.40. The van der Waals surface area contributed by atoms with Gasteiger partial charge in [-0.1, -0.05) is 0 Å². The number of amides is 1. The number of likely N-dealkylation sites (tertiary alicyclic amines) is 1. The average molecular weight is 235 g/mol. The van der Waals surface area contributed by atoms with E-state index in [0.29, 0.717) is 17.9 Å².